The largest absolute Gasteiger partial charge is 0.495 e. The number of fused-ring (bicyclic) bond motifs is 1. The van der Waals surface area contributed by atoms with Crippen molar-refractivity contribution in [1.82, 2.24) is 9.72 Å². The molecule has 0 N–H and O–H groups in total. The number of rotatable bonds is 3. The molecule has 0 atom stereocenters. The summed E-state index contributed by atoms with van der Waals surface area (Å²) < 4.78 is 13.3. The van der Waals surface area contributed by atoms with Crippen molar-refractivity contribution in [1.29, 1.82) is 0 Å². The first-order chi connectivity index (χ1) is 10.6. The van der Waals surface area contributed by atoms with E-state index in [1.165, 1.54) is 11.3 Å². The number of nitrogens with zero attached hydrogens (tertiary/aromatic N) is 3. The Bertz CT molecular complexity index is 904. The maximum Gasteiger partial charge on any atom is 0.318 e. The molecule has 3 aromatic rings. The van der Waals surface area contributed by atoms with E-state index in [4.69, 9.17) is 9.26 Å². The van der Waals surface area contributed by atoms with Crippen LogP contribution in [0.15, 0.2) is 33.8 Å². The first-order valence-electron chi connectivity index (χ1n) is 6.82. The van der Waals surface area contributed by atoms with E-state index in [1.807, 2.05) is 29.7 Å². The fourth-order valence-electron chi connectivity index (χ4n) is 2.25. The van der Waals surface area contributed by atoms with Crippen molar-refractivity contribution in [2.75, 3.05) is 7.11 Å². The molecule has 0 aliphatic heterocycles. The normalized spacial score (nSPS) is 12.0. The molecule has 7 heteroatoms. The van der Waals surface area contributed by atoms with E-state index in [2.05, 4.69) is 10.1 Å². The van der Waals surface area contributed by atoms with Gasteiger partial charge in [0.25, 0.3) is 0 Å². The molecule has 3 rings (SSSR count). The summed E-state index contributed by atoms with van der Waals surface area (Å²) in [6.07, 6.45) is 0. The van der Waals surface area contributed by atoms with E-state index in [1.54, 1.807) is 20.1 Å². The Morgan fingerprint density at radius 2 is 2.32 bits per heavy atom. The van der Waals surface area contributed by atoms with Gasteiger partial charge in [-0.2, -0.15) is 4.99 Å². The summed E-state index contributed by atoms with van der Waals surface area (Å²) in [6.45, 7) is 4.44. The number of amides is 1. The Morgan fingerprint density at radius 1 is 1.50 bits per heavy atom. The van der Waals surface area contributed by atoms with Crippen LogP contribution in [0.3, 0.4) is 0 Å². The van der Waals surface area contributed by atoms with Gasteiger partial charge in [-0.25, -0.2) is 0 Å². The lowest BCUT2D eigenvalue weighted by Crippen LogP contribution is -2.16. The van der Waals surface area contributed by atoms with Crippen LogP contribution >= 0.6 is 11.3 Å². The average molecular weight is 317 g/mol. The molecule has 0 fully saturated rings. The summed E-state index contributed by atoms with van der Waals surface area (Å²) in [5, 5.41) is 3.71. The third kappa shape index (κ3) is 2.43. The minimum absolute atomic E-state index is 0.143. The molecule has 1 aromatic carbocycles. The summed E-state index contributed by atoms with van der Waals surface area (Å²) in [4.78, 5) is 17.0. The van der Waals surface area contributed by atoms with Crippen molar-refractivity contribution < 1.29 is 14.1 Å². The predicted molar refractivity (Wildman–Crippen MR) is 83.2 cm³/mol. The van der Waals surface area contributed by atoms with Gasteiger partial charge in [0.1, 0.15) is 11.3 Å². The second kappa shape index (κ2) is 5.76. The molecule has 0 radical (unpaired) electrons. The molecule has 0 aliphatic rings. The number of thiazole rings is 1. The van der Waals surface area contributed by atoms with E-state index in [9.17, 15) is 4.79 Å². The molecule has 0 saturated carbocycles. The minimum atomic E-state index is -0.437. The highest BCUT2D eigenvalue weighted by Crippen LogP contribution is 2.27. The first-order valence-corrected chi connectivity index (χ1v) is 7.64. The highest BCUT2D eigenvalue weighted by molar-refractivity contribution is 7.16. The van der Waals surface area contributed by atoms with Crippen molar-refractivity contribution in [2.45, 2.75) is 20.4 Å². The van der Waals surface area contributed by atoms with Gasteiger partial charge in [0.15, 0.2) is 4.80 Å². The topological polar surface area (TPSA) is 69.6 Å². The molecule has 0 bridgehead atoms. The Labute approximate surface area is 130 Å². The van der Waals surface area contributed by atoms with Crippen LogP contribution in [-0.2, 0) is 6.54 Å². The zero-order valence-electron chi connectivity index (χ0n) is 12.5. The van der Waals surface area contributed by atoms with E-state index in [0.29, 0.717) is 17.0 Å². The maximum absolute atomic E-state index is 12.2. The average Bonchev–Trinajstić information content (AvgIpc) is 3.09. The predicted octanol–water partition coefficient (Wildman–Crippen LogP) is 2.77. The Balaban J connectivity index is 2.18. The number of hydrogen-bond donors (Lipinski definition) is 0. The Hall–Kier alpha value is -2.41. The van der Waals surface area contributed by atoms with Crippen LogP contribution in [0.1, 0.15) is 23.2 Å². The number of aromatic nitrogens is 2. The lowest BCUT2D eigenvalue weighted by atomic mass is 10.3. The summed E-state index contributed by atoms with van der Waals surface area (Å²) in [7, 11) is 1.63. The van der Waals surface area contributed by atoms with Crippen LogP contribution in [0.2, 0.25) is 0 Å². The first kappa shape index (κ1) is 14.5. The van der Waals surface area contributed by atoms with Crippen molar-refractivity contribution in [3.63, 3.8) is 0 Å². The van der Waals surface area contributed by atoms with E-state index < -0.39 is 5.91 Å². The number of ether oxygens (including phenoxy) is 1. The summed E-state index contributed by atoms with van der Waals surface area (Å²) in [5.74, 6) is 0.470. The third-order valence-corrected chi connectivity index (χ3v) is 4.28. The monoisotopic (exact) mass is 317 g/mol. The Kier molecular flexibility index (Phi) is 3.81. The number of methoxy groups -OCH3 is 1. The van der Waals surface area contributed by atoms with Gasteiger partial charge in [-0.05, 0) is 26.0 Å². The fraction of sp³-hybridized carbons (Fsp3) is 0.267. The SMILES string of the molecule is CCn1c(=NC(=O)c2cc(C)no2)sc2cccc(OC)c21. The highest BCUT2D eigenvalue weighted by atomic mass is 32.1. The molecule has 0 unspecified atom stereocenters. The quantitative estimate of drug-likeness (QED) is 0.745. The lowest BCUT2D eigenvalue weighted by molar-refractivity contribution is 0.0962. The molecule has 114 valence electrons. The molecule has 0 spiro atoms. The summed E-state index contributed by atoms with van der Waals surface area (Å²) in [5.41, 5.74) is 1.60. The zero-order valence-corrected chi connectivity index (χ0v) is 13.3. The lowest BCUT2D eigenvalue weighted by Gasteiger charge is -2.05. The standard InChI is InChI=1S/C15H15N3O3S/c1-4-18-13-10(20-3)6-5-7-12(13)22-15(18)16-14(19)11-8-9(2)17-21-11/h5-8H,4H2,1-3H3. The van der Waals surface area contributed by atoms with Gasteiger partial charge in [-0.3, -0.25) is 4.79 Å². The number of para-hydroxylation sites is 1. The molecule has 1 amide bonds. The van der Waals surface area contributed by atoms with Crippen LogP contribution in [0, 0.1) is 6.92 Å². The Morgan fingerprint density at radius 3 is 2.95 bits per heavy atom. The number of benzene rings is 1. The molecule has 2 heterocycles. The fourth-order valence-corrected chi connectivity index (χ4v) is 3.36. The number of aryl methyl sites for hydroxylation is 2. The van der Waals surface area contributed by atoms with Crippen LogP contribution in [-0.4, -0.2) is 22.7 Å². The third-order valence-electron chi connectivity index (χ3n) is 3.24. The van der Waals surface area contributed by atoms with Crippen molar-refractivity contribution in [3.8, 4) is 5.75 Å². The maximum atomic E-state index is 12.2. The molecular formula is C15H15N3O3S. The minimum Gasteiger partial charge on any atom is -0.495 e. The van der Waals surface area contributed by atoms with Crippen LogP contribution in [0.5, 0.6) is 5.75 Å². The van der Waals surface area contributed by atoms with Crippen LogP contribution in [0.25, 0.3) is 10.2 Å². The number of hydrogen-bond acceptors (Lipinski definition) is 5. The van der Waals surface area contributed by atoms with Gasteiger partial charge >= 0.3 is 5.91 Å². The van der Waals surface area contributed by atoms with Gasteiger partial charge in [-0.15, -0.1) is 0 Å². The highest BCUT2D eigenvalue weighted by Gasteiger charge is 2.14. The number of carbonyl (C=O) groups is 1. The van der Waals surface area contributed by atoms with Crippen LogP contribution < -0.4 is 9.54 Å². The molecule has 0 saturated heterocycles. The van der Waals surface area contributed by atoms with E-state index in [-0.39, 0.29) is 5.76 Å². The molecule has 22 heavy (non-hydrogen) atoms. The molecule has 2 aromatic heterocycles. The summed E-state index contributed by atoms with van der Waals surface area (Å²) >= 11 is 1.44. The van der Waals surface area contributed by atoms with Gasteiger partial charge in [0.2, 0.25) is 5.76 Å². The molecule has 6 nitrogen and oxygen atoms in total. The van der Waals surface area contributed by atoms with Gasteiger partial charge in [0.05, 0.1) is 17.5 Å². The van der Waals surface area contributed by atoms with Crippen molar-refractivity contribution in [3.05, 3.63) is 40.5 Å². The van der Waals surface area contributed by atoms with E-state index >= 15 is 0 Å². The van der Waals surface area contributed by atoms with Gasteiger partial charge in [-0.1, -0.05) is 22.6 Å². The second-order valence-corrected chi connectivity index (χ2v) is 5.69. The number of carbonyl (C=O) groups excluding carboxylic acids is 1. The summed E-state index contributed by atoms with van der Waals surface area (Å²) in [6, 6.07) is 7.38. The second-order valence-electron chi connectivity index (χ2n) is 4.69. The van der Waals surface area contributed by atoms with Crippen LogP contribution in [0.4, 0.5) is 0 Å². The van der Waals surface area contributed by atoms with Gasteiger partial charge in [0, 0.05) is 12.6 Å². The van der Waals surface area contributed by atoms with Crippen molar-refractivity contribution >= 4 is 27.5 Å². The van der Waals surface area contributed by atoms with E-state index in [0.717, 1.165) is 16.0 Å². The molecular weight excluding hydrogens is 302 g/mol. The van der Waals surface area contributed by atoms with Crippen molar-refractivity contribution in [2.24, 2.45) is 4.99 Å². The zero-order chi connectivity index (χ0) is 15.7. The smallest absolute Gasteiger partial charge is 0.318 e. The molecule has 0 aliphatic carbocycles. The van der Waals surface area contributed by atoms with Gasteiger partial charge < -0.3 is 13.8 Å².